The Bertz CT molecular complexity index is 275. The fourth-order valence-electron chi connectivity index (χ4n) is 1.04. The number of phenols is 1. The molecule has 0 spiro atoms. The molecule has 1 atom stereocenters. The normalized spacial score (nSPS) is 12.9. The lowest BCUT2D eigenvalue weighted by Gasteiger charge is -2.11. The Morgan fingerprint density at radius 2 is 2.25 bits per heavy atom. The van der Waals surface area contributed by atoms with Crippen molar-refractivity contribution in [3.8, 4) is 5.75 Å². The Balaban J connectivity index is 3.01. The predicted molar refractivity (Wildman–Crippen MR) is 58.0 cm³/mol. The van der Waals surface area contributed by atoms with E-state index >= 15 is 0 Å². The highest BCUT2D eigenvalue weighted by molar-refractivity contribution is 14.1. The van der Waals surface area contributed by atoms with Gasteiger partial charge in [0.2, 0.25) is 0 Å². The van der Waals surface area contributed by atoms with E-state index in [2.05, 4.69) is 22.6 Å². The zero-order chi connectivity index (χ0) is 9.14. The number of benzene rings is 1. The molecule has 12 heavy (non-hydrogen) atoms. The van der Waals surface area contributed by atoms with Crippen molar-refractivity contribution in [1.29, 1.82) is 0 Å². The summed E-state index contributed by atoms with van der Waals surface area (Å²) in [6.45, 7) is 2.05. The smallest absolute Gasteiger partial charge is 0.116 e. The van der Waals surface area contributed by atoms with Gasteiger partial charge in [-0.25, -0.2) is 0 Å². The zero-order valence-electron chi connectivity index (χ0n) is 6.92. The third-order valence-corrected chi connectivity index (χ3v) is 2.76. The molecule has 0 aliphatic heterocycles. The van der Waals surface area contributed by atoms with Crippen LogP contribution in [0.5, 0.6) is 5.75 Å². The lowest BCUT2D eigenvalue weighted by Crippen LogP contribution is -2.09. The number of halogens is 1. The van der Waals surface area contributed by atoms with Crippen LogP contribution in [0.2, 0.25) is 0 Å². The first-order valence-electron chi connectivity index (χ1n) is 3.89. The van der Waals surface area contributed by atoms with Gasteiger partial charge in [-0.3, -0.25) is 0 Å². The van der Waals surface area contributed by atoms with Gasteiger partial charge in [0, 0.05) is 9.61 Å². The number of rotatable bonds is 2. The molecular weight excluding hydrogens is 265 g/mol. The second-order valence-corrected chi connectivity index (χ2v) is 3.88. The van der Waals surface area contributed by atoms with Crippen molar-refractivity contribution in [1.82, 2.24) is 0 Å². The second kappa shape index (κ2) is 4.09. The molecule has 0 saturated carbocycles. The fourth-order valence-corrected chi connectivity index (χ4v) is 1.94. The lowest BCUT2D eigenvalue weighted by molar-refractivity contribution is 0.474. The second-order valence-electron chi connectivity index (χ2n) is 2.72. The minimum Gasteiger partial charge on any atom is -0.508 e. The minimum atomic E-state index is 0.0810. The van der Waals surface area contributed by atoms with Crippen LogP contribution in [0.25, 0.3) is 0 Å². The monoisotopic (exact) mass is 277 g/mol. The molecule has 0 heterocycles. The van der Waals surface area contributed by atoms with E-state index in [1.54, 1.807) is 12.1 Å². The van der Waals surface area contributed by atoms with Crippen LogP contribution in [0.3, 0.4) is 0 Å². The minimum absolute atomic E-state index is 0.0810. The molecule has 0 radical (unpaired) electrons. The van der Waals surface area contributed by atoms with Gasteiger partial charge in [0.1, 0.15) is 5.75 Å². The van der Waals surface area contributed by atoms with Crippen LogP contribution < -0.4 is 5.73 Å². The summed E-state index contributed by atoms with van der Waals surface area (Å²) >= 11 is 2.18. The van der Waals surface area contributed by atoms with Gasteiger partial charge < -0.3 is 10.8 Å². The van der Waals surface area contributed by atoms with Gasteiger partial charge in [-0.15, -0.1) is 0 Å². The van der Waals surface area contributed by atoms with Crippen molar-refractivity contribution in [3.05, 3.63) is 27.3 Å². The molecule has 0 saturated heterocycles. The van der Waals surface area contributed by atoms with Crippen molar-refractivity contribution in [2.45, 2.75) is 19.4 Å². The van der Waals surface area contributed by atoms with Crippen molar-refractivity contribution in [3.63, 3.8) is 0 Å². The maximum Gasteiger partial charge on any atom is 0.116 e. The van der Waals surface area contributed by atoms with E-state index in [9.17, 15) is 0 Å². The molecule has 66 valence electrons. The fraction of sp³-hybridized carbons (Fsp3) is 0.333. The van der Waals surface area contributed by atoms with Crippen LogP contribution in [-0.4, -0.2) is 5.11 Å². The van der Waals surface area contributed by atoms with E-state index in [0.717, 1.165) is 15.6 Å². The van der Waals surface area contributed by atoms with Gasteiger partial charge in [0.05, 0.1) is 0 Å². The third-order valence-electron chi connectivity index (χ3n) is 1.82. The van der Waals surface area contributed by atoms with E-state index in [1.165, 1.54) is 0 Å². The van der Waals surface area contributed by atoms with Crippen molar-refractivity contribution < 1.29 is 5.11 Å². The highest BCUT2D eigenvalue weighted by Gasteiger charge is 2.07. The van der Waals surface area contributed by atoms with Crippen molar-refractivity contribution in [2.75, 3.05) is 0 Å². The van der Waals surface area contributed by atoms with Crippen LogP contribution in [0, 0.1) is 3.57 Å². The van der Waals surface area contributed by atoms with Crippen LogP contribution in [-0.2, 0) is 0 Å². The van der Waals surface area contributed by atoms with Crippen molar-refractivity contribution in [2.24, 2.45) is 5.73 Å². The van der Waals surface area contributed by atoms with E-state index < -0.39 is 0 Å². The van der Waals surface area contributed by atoms with Crippen LogP contribution >= 0.6 is 22.6 Å². The maximum absolute atomic E-state index is 9.15. The van der Waals surface area contributed by atoms with Gasteiger partial charge in [-0.1, -0.05) is 13.0 Å². The van der Waals surface area contributed by atoms with Gasteiger partial charge >= 0.3 is 0 Å². The lowest BCUT2D eigenvalue weighted by atomic mass is 10.1. The SMILES string of the molecule is CC[C@H](N)c1ccc(O)cc1I. The zero-order valence-corrected chi connectivity index (χ0v) is 9.08. The molecular formula is C9H12INO. The highest BCUT2D eigenvalue weighted by atomic mass is 127. The molecule has 0 fully saturated rings. The Morgan fingerprint density at radius 1 is 1.58 bits per heavy atom. The molecule has 0 aliphatic carbocycles. The number of aromatic hydroxyl groups is 1. The summed E-state index contributed by atoms with van der Waals surface area (Å²) in [5, 5.41) is 9.15. The van der Waals surface area contributed by atoms with E-state index in [1.807, 2.05) is 13.0 Å². The number of hydrogen-bond donors (Lipinski definition) is 2. The predicted octanol–water partition coefficient (Wildman–Crippen LogP) is 2.41. The molecule has 1 rings (SSSR count). The summed E-state index contributed by atoms with van der Waals surface area (Å²) in [5.41, 5.74) is 6.97. The van der Waals surface area contributed by atoms with Crippen LogP contribution in [0.4, 0.5) is 0 Å². The topological polar surface area (TPSA) is 46.2 Å². The molecule has 3 heteroatoms. The van der Waals surface area contributed by atoms with E-state index in [0.29, 0.717) is 5.75 Å². The first-order chi connectivity index (χ1) is 5.65. The van der Waals surface area contributed by atoms with Crippen LogP contribution in [0.15, 0.2) is 18.2 Å². The van der Waals surface area contributed by atoms with Crippen LogP contribution in [0.1, 0.15) is 24.9 Å². The Hall–Kier alpha value is -0.290. The molecule has 0 amide bonds. The summed E-state index contributed by atoms with van der Waals surface area (Å²) in [5.74, 6) is 0.298. The number of hydrogen-bond acceptors (Lipinski definition) is 2. The molecule has 0 bridgehead atoms. The summed E-state index contributed by atoms with van der Waals surface area (Å²) in [6, 6.07) is 5.36. The summed E-state index contributed by atoms with van der Waals surface area (Å²) in [4.78, 5) is 0. The molecule has 0 aliphatic rings. The standard InChI is InChI=1S/C9H12INO/c1-2-9(11)7-4-3-6(12)5-8(7)10/h3-5,9,12H,2,11H2,1H3/t9-/m0/s1. The van der Waals surface area contributed by atoms with Gasteiger partial charge in [-0.05, 0) is 46.7 Å². The average Bonchev–Trinajstić information content (AvgIpc) is 2.03. The maximum atomic E-state index is 9.15. The molecule has 0 aromatic heterocycles. The number of nitrogens with two attached hydrogens (primary N) is 1. The first kappa shape index (κ1) is 9.80. The third kappa shape index (κ3) is 2.10. The Labute approximate surface area is 85.9 Å². The van der Waals surface area contributed by atoms with Gasteiger partial charge in [0.25, 0.3) is 0 Å². The quantitative estimate of drug-likeness (QED) is 0.815. The Morgan fingerprint density at radius 3 is 2.75 bits per heavy atom. The Kier molecular flexibility index (Phi) is 3.34. The summed E-state index contributed by atoms with van der Waals surface area (Å²) < 4.78 is 1.03. The largest absolute Gasteiger partial charge is 0.508 e. The van der Waals surface area contributed by atoms with E-state index in [4.69, 9.17) is 10.8 Å². The molecule has 1 aromatic rings. The van der Waals surface area contributed by atoms with Gasteiger partial charge in [-0.2, -0.15) is 0 Å². The number of phenolic OH excluding ortho intramolecular Hbond substituents is 1. The average molecular weight is 277 g/mol. The van der Waals surface area contributed by atoms with E-state index in [-0.39, 0.29) is 6.04 Å². The molecule has 2 nitrogen and oxygen atoms in total. The molecule has 0 unspecified atom stereocenters. The summed E-state index contributed by atoms with van der Waals surface area (Å²) in [7, 11) is 0. The highest BCUT2D eigenvalue weighted by Crippen LogP contribution is 2.24. The first-order valence-corrected chi connectivity index (χ1v) is 4.97. The molecule has 1 aromatic carbocycles. The summed E-state index contributed by atoms with van der Waals surface area (Å²) in [6.07, 6.45) is 0.917. The molecule has 3 N–H and O–H groups in total. The van der Waals surface area contributed by atoms with Gasteiger partial charge in [0.15, 0.2) is 0 Å². The van der Waals surface area contributed by atoms with Crippen molar-refractivity contribution >= 4 is 22.6 Å².